The summed E-state index contributed by atoms with van der Waals surface area (Å²) in [7, 11) is 3.39. The smallest absolute Gasteiger partial charge is 0.127 e. The number of rotatable bonds is 5. The van der Waals surface area contributed by atoms with Crippen LogP contribution in [0.25, 0.3) is 0 Å². The van der Waals surface area contributed by atoms with Crippen LogP contribution >= 0.6 is 0 Å². The van der Waals surface area contributed by atoms with Crippen LogP contribution < -0.4 is 15.2 Å². The van der Waals surface area contributed by atoms with E-state index in [-0.39, 0.29) is 0 Å². The summed E-state index contributed by atoms with van der Waals surface area (Å²) in [6, 6.07) is 14.6. The van der Waals surface area contributed by atoms with Gasteiger partial charge in [0.05, 0.1) is 14.2 Å². The highest BCUT2D eigenvalue weighted by Gasteiger charge is 2.28. The molecule has 1 saturated heterocycles. The maximum Gasteiger partial charge on any atom is 0.127 e. The number of ether oxygens (including phenoxy) is 2. The van der Waals surface area contributed by atoms with Crippen molar-refractivity contribution in [1.82, 2.24) is 4.90 Å². The van der Waals surface area contributed by atoms with Crippen molar-refractivity contribution in [3.8, 4) is 11.5 Å². The van der Waals surface area contributed by atoms with Gasteiger partial charge in [0.2, 0.25) is 0 Å². The Labute approximate surface area is 137 Å². The second kappa shape index (κ2) is 6.92. The van der Waals surface area contributed by atoms with Crippen molar-refractivity contribution >= 4 is 5.69 Å². The molecular weight excluding hydrogens is 288 g/mol. The van der Waals surface area contributed by atoms with Crippen LogP contribution in [0.2, 0.25) is 0 Å². The Morgan fingerprint density at radius 3 is 2.74 bits per heavy atom. The van der Waals surface area contributed by atoms with Gasteiger partial charge in [-0.05, 0) is 43.1 Å². The molecule has 0 saturated carbocycles. The maximum atomic E-state index is 5.90. The molecule has 4 nitrogen and oxygen atoms in total. The normalized spacial score (nSPS) is 18.1. The van der Waals surface area contributed by atoms with Crippen LogP contribution in [0.5, 0.6) is 11.5 Å². The van der Waals surface area contributed by atoms with Gasteiger partial charge in [0.25, 0.3) is 0 Å². The predicted octanol–water partition coefficient (Wildman–Crippen LogP) is 3.62. The molecule has 2 aromatic carbocycles. The van der Waals surface area contributed by atoms with Crippen molar-refractivity contribution < 1.29 is 9.47 Å². The van der Waals surface area contributed by atoms with E-state index in [2.05, 4.69) is 23.1 Å². The van der Waals surface area contributed by atoms with Crippen LogP contribution in [-0.2, 0) is 6.54 Å². The van der Waals surface area contributed by atoms with Crippen molar-refractivity contribution in [1.29, 1.82) is 0 Å². The van der Waals surface area contributed by atoms with Gasteiger partial charge in [0.15, 0.2) is 0 Å². The van der Waals surface area contributed by atoms with E-state index < -0.39 is 0 Å². The van der Waals surface area contributed by atoms with Crippen LogP contribution in [0.3, 0.4) is 0 Å². The number of nitrogen functional groups attached to an aromatic ring is 1. The zero-order valence-electron chi connectivity index (χ0n) is 13.8. The topological polar surface area (TPSA) is 47.7 Å². The fourth-order valence-corrected chi connectivity index (χ4v) is 3.39. The standard InChI is InChI=1S/C19H24N2O2/c1-22-16-8-9-17(19(12-16)23-2)18-7-4-10-21(18)13-14-5-3-6-15(20)11-14/h3,5-6,8-9,11-12,18H,4,7,10,13,20H2,1-2H3. The first-order valence-electron chi connectivity index (χ1n) is 8.01. The first-order chi connectivity index (χ1) is 11.2. The highest BCUT2D eigenvalue weighted by atomic mass is 16.5. The van der Waals surface area contributed by atoms with Crippen LogP contribution in [0.4, 0.5) is 5.69 Å². The lowest BCUT2D eigenvalue weighted by molar-refractivity contribution is 0.242. The molecule has 0 spiro atoms. The monoisotopic (exact) mass is 312 g/mol. The number of hydrogen-bond acceptors (Lipinski definition) is 4. The summed E-state index contributed by atoms with van der Waals surface area (Å²) in [6.45, 7) is 2.00. The Bertz CT molecular complexity index is 672. The van der Waals surface area contributed by atoms with Gasteiger partial charge in [-0.25, -0.2) is 0 Å². The number of nitrogens with two attached hydrogens (primary N) is 1. The molecule has 122 valence electrons. The third-order valence-corrected chi connectivity index (χ3v) is 4.50. The third-order valence-electron chi connectivity index (χ3n) is 4.50. The number of hydrogen-bond donors (Lipinski definition) is 1. The van der Waals surface area contributed by atoms with E-state index in [1.54, 1.807) is 14.2 Å². The Hall–Kier alpha value is -2.20. The molecule has 0 bridgehead atoms. The minimum Gasteiger partial charge on any atom is -0.497 e. The van der Waals surface area contributed by atoms with Crippen molar-refractivity contribution in [2.45, 2.75) is 25.4 Å². The lowest BCUT2D eigenvalue weighted by Gasteiger charge is -2.26. The predicted molar refractivity (Wildman–Crippen MR) is 92.8 cm³/mol. The fourth-order valence-electron chi connectivity index (χ4n) is 3.39. The third kappa shape index (κ3) is 3.42. The van der Waals surface area contributed by atoms with Gasteiger partial charge < -0.3 is 15.2 Å². The number of benzene rings is 2. The summed E-state index contributed by atoms with van der Waals surface area (Å²) < 4.78 is 10.9. The molecule has 0 aliphatic carbocycles. The molecule has 3 rings (SSSR count). The average molecular weight is 312 g/mol. The average Bonchev–Trinajstić information content (AvgIpc) is 3.02. The Kier molecular flexibility index (Phi) is 4.72. The quantitative estimate of drug-likeness (QED) is 0.857. The highest BCUT2D eigenvalue weighted by Crippen LogP contribution is 2.39. The van der Waals surface area contributed by atoms with Gasteiger partial charge in [-0.3, -0.25) is 4.90 Å². The molecule has 1 aliphatic heterocycles. The van der Waals surface area contributed by atoms with Crippen molar-refractivity contribution in [2.24, 2.45) is 0 Å². The minimum atomic E-state index is 0.372. The molecule has 1 atom stereocenters. The highest BCUT2D eigenvalue weighted by molar-refractivity contribution is 5.43. The van der Waals surface area contributed by atoms with Gasteiger partial charge in [-0.1, -0.05) is 18.2 Å². The molecule has 1 aliphatic rings. The van der Waals surface area contributed by atoms with E-state index >= 15 is 0 Å². The second-order valence-corrected chi connectivity index (χ2v) is 5.98. The second-order valence-electron chi connectivity index (χ2n) is 5.98. The van der Waals surface area contributed by atoms with Crippen LogP contribution in [0.1, 0.15) is 30.0 Å². The molecule has 0 radical (unpaired) electrons. The summed E-state index contributed by atoms with van der Waals surface area (Å²) in [6.07, 6.45) is 2.34. The molecule has 0 aromatic heterocycles. The summed E-state index contributed by atoms with van der Waals surface area (Å²) in [5.74, 6) is 1.72. The molecule has 1 heterocycles. The maximum absolute atomic E-state index is 5.90. The molecule has 1 unspecified atom stereocenters. The number of nitrogens with zero attached hydrogens (tertiary/aromatic N) is 1. The molecule has 23 heavy (non-hydrogen) atoms. The Morgan fingerprint density at radius 1 is 1.13 bits per heavy atom. The largest absolute Gasteiger partial charge is 0.497 e. The number of anilines is 1. The molecule has 4 heteroatoms. The van der Waals surface area contributed by atoms with Gasteiger partial charge in [0.1, 0.15) is 11.5 Å². The summed E-state index contributed by atoms with van der Waals surface area (Å²) in [5.41, 5.74) is 9.21. The zero-order chi connectivity index (χ0) is 16.2. The Balaban J connectivity index is 1.84. The van der Waals surface area contributed by atoms with E-state index in [0.717, 1.165) is 36.7 Å². The zero-order valence-corrected chi connectivity index (χ0v) is 13.8. The van der Waals surface area contributed by atoms with Crippen LogP contribution in [0, 0.1) is 0 Å². The summed E-state index contributed by atoms with van der Waals surface area (Å²) in [4.78, 5) is 2.50. The van der Waals surface area contributed by atoms with E-state index in [0.29, 0.717) is 6.04 Å². The van der Waals surface area contributed by atoms with E-state index in [1.165, 1.54) is 17.5 Å². The van der Waals surface area contributed by atoms with E-state index in [4.69, 9.17) is 15.2 Å². The van der Waals surface area contributed by atoms with Crippen LogP contribution in [0.15, 0.2) is 42.5 Å². The molecular formula is C19H24N2O2. The Morgan fingerprint density at radius 2 is 2.00 bits per heavy atom. The number of likely N-dealkylation sites (tertiary alicyclic amines) is 1. The molecule has 1 fully saturated rings. The van der Waals surface area contributed by atoms with Gasteiger partial charge in [0, 0.05) is 29.9 Å². The van der Waals surface area contributed by atoms with Crippen LogP contribution in [-0.4, -0.2) is 25.7 Å². The SMILES string of the molecule is COc1ccc(C2CCCN2Cc2cccc(N)c2)c(OC)c1. The van der Waals surface area contributed by atoms with Gasteiger partial charge >= 0.3 is 0 Å². The molecule has 2 N–H and O–H groups in total. The molecule has 0 amide bonds. The van der Waals surface area contributed by atoms with E-state index in [1.807, 2.05) is 24.3 Å². The number of methoxy groups -OCH3 is 2. The van der Waals surface area contributed by atoms with Crippen molar-refractivity contribution in [2.75, 3.05) is 26.5 Å². The first kappa shape index (κ1) is 15.7. The lowest BCUT2D eigenvalue weighted by atomic mass is 10.0. The minimum absolute atomic E-state index is 0.372. The van der Waals surface area contributed by atoms with Gasteiger partial charge in [-0.2, -0.15) is 0 Å². The van der Waals surface area contributed by atoms with E-state index in [9.17, 15) is 0 Å². The summed E-state index contributed by atoms with van der Waals surface area (Å²) in [5, 5.41) is 0. The van der Waals surface area contributed by atoms with Crippen molar-refractivity contribution in [3.05, 3.63) is 53.6 Å². The lowest BCUT2D eigenvalue weighted by Crippen LogP contribution is -2.23. The molecule has 2 aromatic rings. The summed E-state index contributed by atoms with van der Waals surface area (Å²) >= 11 is 0. The van der Waals surface area contributed by atoms with Crippen molar-refractivity contribution in [3.63, 3.8) is 0 Å². The first-order valence-corrected chi connectivity index (χ1v) is 8.01. The van der Waals surface area contributed by atoms with Gasteiger partial charge in [-0.15, -0.1) is 0 Å². The fraction of sp³-hybridized carbons (Fsp3) is 0.368.